The van der Waals surface area contributed by atoms with E-state index >= 15 is 0 Å². The summed E-state index contributed by atoms with van der Waals surface area (Å²) in [5.74, 6) is -0.148. The largest absolute Gasteiger partial charge is 0.345 e. The summed E-state index contributed by atoms with van der Waals surface area (Å²) < 4.78 is 30.0. The number of nitrogens with zero attached hydrogens (tertiary/aromatic N) is 5. The predicted octanol–water partition coefficient (Wildman–Crippen LogP) is 2.46. The van der Waals surface area contributed by atoms with Gasteiger partial charge in [0.2, 0.25) is 10.0 Å². The molecule has 1 aromatic carbocycles. The first-order valence-electron chi connectivity index (χ1n) is 9.96. The first-order chi connectivity index (χ1) is 15.2. The van der Waals surface area contributed by atoms with E-state index in [9.17, 15) is 23.3 Å². The third kappa shape index (κ3) is 4.01. The Morgan fingerprint density at radius 1 is 1.16 bits per heavy atom. The third-order valence-corrected chi connectivity index (χ3v) is 7.16. The van der Waals surface area contributed by atoms with Gasteiger partial charge in [0, 0.05) is 44.5 Å². The van der Waals surface area contributed by atoms with Crippen molar-refractivity contribution in [1.82, 2.24) is 18.7 Å². The molecule has 2 aromatic heterocycles. The van der Waals surface area contributed by atoms with Crippen LogP contribution in [0.1, 0.15) is 29.0 Å². The molecule has 1 N–H and O–H groups in total. The molecule has 3 aromatic rings. The molecular weight excluding hydrogens is 436 g/mol. The molecule has 1 fully saturated rings. The number of aromatic nitrogens is 3. The Morgan fingerprint density at radius 3 is 2.44 bits per heavy atom. The summed E-state index contributed by atoms with van der Waals surface area (Å²) in [4.78, 5) is 23.4. The van der Waals surface area contributed by atoms with Gasteiger partial charge in [-0.2, -0.15) is 9.40 Å². The number of anilines is 1. The van der Waals surface area contributed by atoms with Gasteiger partial charge in [-0.25, -0.2) is 13.1 Å². The van der Waals surface area contributed by atoms with Crippen LogP contribution in [0.4, 0.5) is 11.5 Å². The van der Waals surface area contributed by atoms with E-state index in [1.807, 2.05) is 0 Å². The number of amides is 1. The Bertz CT molecular complexity index is 1290. The number of nitrogens with one attached hydrogen (secondary N) is 1. The minimum Gasteiger partial charge on any atom is -0.345 e. The highest BCUT2D eigenvalue weighted by atomic mass is 32.2. The standard InChI is InChI=1S/C20H22N6O5S/c1-14-11-19(25(22-14)15-5-7-16(8-6-15)26(28)29)21-20(27)18-12-17(13-23(18)2)32(30,31)24-9-3-4-10-24/h5-8,11-13H,3-4,9-10H2,1-2H3,(H,21,27). The van der Waals surface area contributed by atoms with Gasteiger partial charge in [0.05, 0.1) is 16.3 Å². The van der Waals surface area contributed by atoms with Crippen LogP contribution in [0.25, 0.3) is 5.69 Å². The van der Waals surface area contributed by atoms with Gasteiger partial charge in [0.15, 0.2) is 0 Å². The first kappa shape index (κ1) is 21.7. The quantitative estimate of drug-likeness (QED) is 0.446. The van der Waals surface area contributed by atoms with Gasteiger partial charge in [-0.3, -0.25) is 14.9 Å². The number of hydrogen-bond donors (Lipinski definition) is 1. The summed E-state index contributed by atoms with van der Waals surface area (Å²) in [6.45, 7) is 2.71. The van der Waals surface area contributed by atoms with E-state index in [0.717, 1.165) is 12.8 Å². The number of nitro benzene ring substituents is 1. The molecule has 0 aliphatic carbocycles. The zero-order valence-corrected chi connectivity index (χ0v) is 18.4. The monoisotopic (exact) mass is 458 g/mol. The number of benzene rings is 1. The van der Waals surface area contributed by atoms with Crippen molar-refractivity contribution >= 4 is 27.4 Å². The number of carbonyl (C=O) groups excluding carboxylic acids is 1. The number of hydrogen-bond acceptors (Lipinski definition) is 6. The molecule has 0 unspecified atom stereocenters. The molecular formula is C20H22N6O5S. The summed E-state index contributed by atoms with van der Waals surface area (Å²) in [7, 11) is -2.04. The second-order valence-electron chi connectivity index (χ2n) is 7.59. The number of aryl methyl sites for hydroxylation is 2. The van der Waals surface area contributed by atoms with Crippen molar-refractivity contribution in [2.24, 2.45) is 7.05 Å². The van der Waals surface area contributed by atoms with E-state index in [-0.39, 0.29) is 16.3 Å². The van der Waals surface area contributed by atoms with E-state index in [0.29, 0.717) is 30.3 Å². The second-order valence-corrected chi connectivity index (χ2v) is 9.53. The van der Waals surface area contributed by atoms with Gasteiger partial charge in [-0.1, -0.05) is 0 Å². The van der Waals surface area contributed by atoms with E-state index < -0.39 is 20.9 Å². The van der Waals surface area contributed by atoms with Crippen LogP contribution in [0, 0.1) is 17.0 Å². The van der Waals surface area contributed by atoms with Crippen molar-refractivity contribution in [3.8, 4) is 5.69 Å². The number of non-ortho nitro benzene ring substituents is 1. The number of sulfonamides is 1. The summed E-state index contributed by atoms with van der Waals surface area (Å²) in [5, 5.41) is 18.0. The van der Waals surface area contributed by atoms with Gasteiger partial charge in [-0.05, 0) is 38.0 Å². The van der Waals surface area contributed by atoms with Gasteiger partial charge < -0.3 is 9.88 Å². The van der Waals surface area contributed by atoms with Crippen LogP contribution in [0.3, 0.4) is 0 Å². The molecule has 1 saturated heterocycles. The molecule has 168 valence electrons. The van der Waals surface area contributed by atoms with Crippen LogP contribution in [0.15, 0.2) is 47.5 Å². The van der Waals surface area contributed by atoms with Crippen molar-refractivity contribution in [2.45, 2.75) is 24.7 Å². The Hall–Kier alpha value is -3.51. The maximum Gasteiger partial charge on any atom is 0.273 e. The molecule has 0 radical (unpaired) electrons. The Labute approximate surface area is 184 Å². The van der Waals surface area contributed by atoms with Crippen LogP contribution < -0.4 is 5.32 Å². The summed E-state index contributed by atoms with van der Waals surface area (Å²) >= 11 is 0. The highest BCUT2D eigenvalue weighted by molar-refractivity contribution is 7.89. The number of carbonyl (C=O) groups is 1. The Morgan fingerprint density at radius 2 is 1.81 bits per heavy atom. The van der Waals surface area contributed by atoms with Crippen LogP contribution in [-0.2, 0) is 17.1 Å². The highest BCUT2D eigenvalue weighted by Crippen LogP contribution is 2.24. The molecule has 1 aliphatic rings. The average molecular weight is 459 g/mol. The number of nitro groups is 1. The maximum absolute atomic E-state index is 13.0. The number of rotatable bonds is 6. The highest BCUT2D eigenvalue weighted by Gasteiger charge is 2.29. The van der Waals surface area contributed by atoms with Crippen molar-refractivity contribution < 1.29 is 18.1 Å². The average Bonchev–Trinajstić information content (AvgIpc) is 3.48. The molecule has 11 nitrogen and oxygen atoms in total. The smallest absolute Gasteiger partial charge is 0.273 e. The van der Waals surface area contributed by atoms with E-state index in [1.54, 1.807) is 20.0 Å². The lowest BCUT2D eigenvalue weighted by Gasteiger charge is -2.13. The molecule has 3 heterocycles. The predicted molar refractivity (Wildman–Crippen MR) is 116 cm³/mol. The molecule has 4 rings (SSSR count). The molecule has 0 bridgehead atoms. The molecule has 1 aliphatic heterocycles. The van der Waals surface area contributed by atoms with Crippen molar-refractivity contribution in [2.75, 3.05) is 18.4 Å². The minimum absolute atomic E-state index is 0.0567. The Kier molecular flexibility index (Phi) is 5.57. The zero-order valence-electron chi connectivity index (χ0n) is 17.6. The fraction of sp³-hybridized carbons (Fsp3) is 0.300. The SMILES string of the molecule is Cc1cc(NC(=O)c2cc(S(=O)(=O)N3CCCC3)cn2C)n(-c2ccc([N+](=O)[O-])cc2)n1. The first-order valence-corrected chi connectivity index (χ1v) is 11.4. The lowest BCUT2D eigenvalue weighted by Crippen LogP contribution is -2.27. The van der Waals surface area contributed by atoms with E-state index in [4.69, 9.17) is 0 Å². The third-order valence-electron chi connectivity index (χ3n) is 5.29. The van der Waals surface area contributed by atoms with E-state index in [1.165, 1.54) is 50.1 Å². The maximum atomic E-state index is 13.0. The van der Waals surface area contributed by atoms with Gasteiger partial charge in [0.1, 0.15) is 16.4 Å². The van der Waals surface area contributed by atoms with E-state index in [2.05, 4.69) is 10.4 Å². The van der Waals surface area contributed by atoms with Crippen LogP contribution >= 0.6 is 0 Å². The topological polar surface area (TPSA) is 132 Å². The second kappa shape index (κ2) is 8.20. The molecule has 0 spiro atoms. The zero-order chi connectivity index (χ0) is 23.0. The molecule has 1 amide bonds. The fourth-order valence-electron chi connectivity index (χ4n) is 3.66. The minimum atomic E-state index is -3.64. The van der Waals surface area contributed by atoms with Crippen molar-refractivity contribution in [1.29, 1.82) is 0 Å². The molecule has 0 atom stereocenters. The lowest BCUT2D eigenvalue weighted by atomic mass is 10.3. The molecule has 12 heteroatoms. The Balaban J connectivity index is 1.60. The van der Waals surface area contributed by atoms with Crippen LogP contribution in [-0.4, -0.2) is 51.0 Å². The van der Waals surface area contributed by atoms with Crippen LogP contribution in [0.5, 0.6) is 0 Å². The lowest BCUT2D eigenvalue weighted by molar-refractivity contribution is -0.384. The van der Waals surface area contributed by atoms with Gasteiger partial charge in [0.25, 0.3) is 11.6 Å². The summed E-state index contributed by atoms with van der Waals surface area (Å²) in [6, 6.07) is 8.79. The van der Waals surface area contributed by atoms with Crippen molar-refractivity contribution in [3.05, 3.63) is 64.1 Å². The van der Waals surface area contributed by atoms with Crippen molar-refractivity contribution in [3.63, 3.8) is 0 Å². The summed E-state index contributed by atoms with van der Waals surface area (Å²) in [6.07, 6.45) is 3.08. The van der Waals surface area contributed by atoms with Gasteiger partial charge >= 0.3 is 0 Å². The normalized spacial score (nSPS) is 14.6. The van der Waals surface area contributed by atoms with Gasteiger partial charge in [-0.15, -0.1) is 0 Å². The summed E-state index contributed by atoms with van der Waals surface area (Å²) in [5.41, 5.74) is 1.28. The van der Waals surface area contributed by atoms with Crippen LogP contribution in [0.2, 0.25) is 0 Å². The fourth-order valence-corrected chi connectivity index (χ4v) is 5.25. The molecule has 0 saturated carbocycles. The molecule has 32 heavy (non-hydrogen) atoms.